The normalized spacial score (nSPS) is 9.79. The van der Waals surface area contributed by atoms with Crippen molar-refractivity contribution in [1.29, 1.82) is 0 Å². The molecule has 1 aromatic carbocycles. The van der Waals surface area contributed by atoms with Crippen LogP contribution in [0.5, 0.6) is 5.75 Å². The van der Waals surface area contributed by atoms with Gasteiger partial charge >= 0.3 is 6.08 Å². The molecule has 76 valence electrons. The molecule has 0 spiro atoms. The molecule has 14 heavy (non-hydrogen) atoms. The van der Waals surface area contributed by atoms with Gasteiger partial charge < -0.3 is 4.74 Å². The summed E-state index contributed by atoms with van der Waals surface area (Å²) in [6.45, 7) is 0. The van der Waals surface area contributed by atoms with E-state index in [1.54, 1.807) is 0 Å². The third-order valence-corrected chi connectivity index (χ3v) is 1.58. The molecule has 0 aromatic heterocycles. The van der Waals surface area contributed by atoms with E-state index in [0.717, 1.165) is 12.1 Å². The lowest BCUT2D eigenvalue weighted by Crippen LogP contribution is -1.89. The van der Waals surface area contributed by atoms with Crippen molar-refractivity contribution >= 4 is 5.83 Å². The van der Waals surface area contributed by atoms with E-state index in [-0.39, 0.29) is 5.75 Å². The highest BCUT2D eigenvalue weighted by atomic mass is 19.3. The van der Waals surface area contributed by atoms with Crippen LogP contribution in [0.25, 0.3) is 5.83 Å². The molecule has 1 nitrogen and oxygen atoms in total. The Morgan fingerprint density at radius 3 is 2.29 bits per heavy atom. The summed E-state index contributed by atoms with van der Waals surface area (Å²) >= 11 is 0. The first-order valence-electron chi connectivity index (χ1n) is 3.61. The summed E-state index contributed by atoms with van der Waals surface area (Å²) in [7, 11) is 1.29. The fourth-order valence-electron chi connectivity index (χ4n) is 0.903. The number of rotatable bonds is 2. The molecule has 0 saturated carbocycles. The van der Waals surface area contributed by atoms with Gasteiger partial charge in [0, 0.05) is 6.07 Å². The Kier molecular flexibility index (Phi) is 3.11. The minimum absolute atomic E-state index is 0.137. The summed E-state index contributed by atoms with van der Waals surface area (Å²) < 4.78 is 53.8. The quantitative estimate of drug-likeness (QED) is 0.674. The standard InChI is InChI=1S/C9H6F4O/c1-14-5-2-3-6(7(10)4-5)8(11)9(12)13/h2-4H,1H3. The predicted molar refractivity (Wildman–Crippen MR) is 43.2 cm³/mol. The minimum atomic E-state index is -2.55. The van der Waals surface area contributed by atoms with Crippen molar-refractivity contribution in [3.05, 3.63) is 35.7 Å². The maximum Gasteiger partial charge on any atom is 0.306 e. The van der Waals surface area contributed by atoms with Gasteiger partial charge in [-0.3, -0.25) is 0 Å². The van der Waals surface area contributed by atoms with E-state index in [1.807, 2.05) is 0 Å². The zero-order valence-electron chi connectivity index (χ0n) is 7.15. The summed E-state index contributed by atoms with van der Waals surface area (Å²) in [4.78, 5) is 0. The van der Waals surface area contributed by atoms with Gasteiger partial charge in [-0.2, -0.15) is 8.78 Å². The first-order valence-corrected chi connectivity index (χ1v) is 3.61. The molecule has 0 saturated heterocycles. The molecule has 1 rings (SSSR count). The molecule has 0 amide bonds. The third kappa shape index (κ3) is 2.04. The highest BCUT2D eigenvalue weighted by molar-refractivity contribution is 5.60. The highest BCUT2D eigenvalue weighted by Gasteiger charge is 2.13. The van der Waals surface area contributed by atoms with Gasteiger partial charge in [0.05, 0.1) is 12.7 Å². The summed E-state index contributed by atoms with van der Waals surface area (Å²) in [5.41, 5.74) is -0.772. The zero-order valence-corrected chi connectivity index (χ0v) is 7.15. The van der Waals surface area contributed by atoms with Gasteiger partial charge in [-0.1, -0.05) is 0 Å². The first-order chi connectivity index (χ1) is 6.56. The smallest absolute Gasteiger partial charge is 0.306 e. The molecule has 0 unspecified atom stereocenters. The van der Waals surface area contributed by atoms with Gasteiger partial charge in [0.2, 0.25) is 0 Å². The molecule has 0 aliphatic heterocycles. The van der Waals surface area contributed by atoms with Crippen molar-refractivity contribution in [2.45, 2.75) is 0 Å². The summed E-state index contributed by atoms with van der Waals surface area (Å²) in [5.74, 6) is -2.81. The van der Waals surface area contributed by atoms with Gasteiger partial charge in [0.25, 0.3) is 0 Å². The second kappa shape index (κ2) is 4.13. The fourth-order valence-corrected chi connectivity index (χ4v) is 0.903. The summed E-state index contributed by atoms with van der Waals surface area (Å²) in [6, 6.07) is 2.92. The second-order valence-corrected chi connectivity index (χ2v) is 2.42. The number of hydrogen-bond acceptors (Lipinski definition) is 1. The van der Waals surface area contributed by atoms with E-state index in [1.165, 1.54) is 13.2 Å². The Morgan fingerprint density at radius 2 is 1.86 bits per heavy atom. The first kappa shape index (κ1) is 10.6. The summed E-state index contributed by atoms with van der Waals surface area (Å²) in [6.07, 6.45) is -2.55. The van der Waals surface area contributed by atoms with Crippen molar-refractivity contribution < 1.29 is 22.3 Å². The van der Waals surface area contributed by atoms with Crippen LogP contribution in [0.2, 0.25) is 0 Å². The molecule has 1 aromatic rings. The number of methoxy groups -OCH3 is 1. The van der Waals surface area contributed by atoms with Crippen molar-refractivity contribution in [2.24, 2.45) is 0 Å². The van der Waals surface area contributed by atoms with Crippen molar-refractivity contribution in [3.8, 4) is 5.75 Å². The van der Waals surface area contributed by atoms with E-state index in [4.69, 9.17) is 0 Å². The SMILES string of the molecule is COc1ccc(C(F)=C(F)F)c(F)c1. The van der Waals surface area contributed by atoms with Crippen LogP contribution < -0.4 is 4.74 Å². The monoisotopic (exact) mass is 206 g/mol. The van der Waals surface area contributed by atoms with E-state index in [0.29, 0.717) is 0 Å². The van der Waals surface area contributed by atoms with Crippen molar-refractivity contribution in [2.75, 3.05) is 7.11 Å². The summed E-state index contributed by atoms with van der Waals surface area (Å²) in [5, 5.41) is 0. The highest BCUT2D eigenvalue weighted by Crippen LogP contribution is 2.26. The van der Waals surface area contributed by atoms with Crippen molar-refractivity contribution in [3.63, 3.8) is 0 Å². The lowest BCUT2D eigenvalue weighted by atomic mass is 10.2. The molecule has 0 aliphatic rings. The van der Waals surface area contributed by atoms with Crippen LogP contribution in [-0.4, -0.2) is 7.11 Å². The van der Waals surface area contributed by atoms with Crippen LogP contribution >= 0.6 is 0 Å². The number of benzene rings is 1. The van der Waals surface area contributed by atoms with Gasteiger partial charge in [0.1, 0.15) is 11.6 Å². The molecule has 0 aliphatic carbocycles. The largest absolute Gasteiger partial charge is 0.497 e. The maximum atomic E-state index is 13.0. The van der Waals surface area contributed by atoms with E-state index >= 15 is 0 Å². The molecule has 0 bridgehead atoms. The lowest BCUT2D eigenvalue weighted by molar-refractivity contribution is 0.405. The number of halogens is 4. The molecule has 0 radical (unpaired) electrons. The third-order valence-electron chi connectivity index (χ3n) is 1.58. The number of ether oxygens (including phenoxy) is 1. The molecule has 0 heterocycles. The van der Waals surface area contributed by atoms with E-state index in [2.05, 4.69) is 4.74 Å². The predicted octanol–water partition coefficient (Wildman–Crippen LogP) is 3.37. The van der Waals surface area contributed by atoms with Crippen LogP contribution in [0.1, 0.15) is 5.56 Å². The average molecular weight is 206 g/mol. The fraction of sp³-hybridized carbons (Fsp3) is 0.111. The molecule has 0 atom stereocenters. The Labute approximate surface area is 77.6 Å². The second-order valence-electron chi connectivity index (χ2n) is 2.42. The van der Waals surface area contributed by atoms with Crippen LogP contribution in [0, 0.1) is 5.82 Å². The average Bonchev–Trinajstić information content (AvgIpc) is 2.16. The molecule has 0 N–H and O–H groups in total. The van der Waals surface area contributed by atoms with E-state index in [9.17, 15) is 17.6 Å². The van der Waals surface area contributed by atoms with Gasteiger partial charge in [0.15, 0.2) is 5.83 Å². The minimum Gasteiger partial charge on any atom is -0.497 e. The number of hydrogen-bond donors (Lipinski definition) is 0. The maximum absolute atomic E-state index is 13.0. The zero-order chi connectivity index (χ0) is 10.7. The lowest BCUT2D eigenvalue weighted by Gasteiger charge is -2.02. The van der Waals surface area contributed by atoms with Gasteiger partial charge in [-0.05, 0) is 12.1 Å². The topological polar surface area (TPSA) is 9.23 Å². The Hall–Kier alpha value is -1.52. The Morgan fingerprint density at radius 1 is 1.21 bits per heavy atom. The Bertz CT molecular complexity index is 369. The van der Waals surface area contributed by atoms with Gasteiger partial charge in [-0.15, -0.1) is 0 Å². The molecule has 5 heteroatoms. The Balaban J connectivity index is 3.19. The van der Waals surface area contributed by atoms with Crippen LogP contribution in [0.15, 0.2) is 24.3 Å². The molecular weight excluding hydrogens is 200 g/mol. The van der Waals surface area contributed by atoms with Gasteiger partial charge in [-0.25, -0.2) is 8.78 Å². The van der Waals surface area contributed by atoms with Crippen LogP contribution in [0.4, 0.5) is 17.6 Å². The van der Waals surface area contributed by atoms with Crippen LogP contribution in [0.3, 0.4) is 0 Å². The van der Waals surface area contributed by atoms with Crippen molar-refractivity contribution in [1.82, 2.24) is 0 Å². The van der Waals surface area contributed by atoms with E-state index < -0.39 is 23.3 Å². The molecule has 0 fully saturated rings. The molecular formula is C9H6F4O. The van der Waals surface area contributed by atoms with Crippen LogP contribution in [-0.2, 0) is 0 Å².